The Morgan fingerprint density at radius 1 is 1.35 bits per heavy atom. The van der Waals surface area contributed by atoms with Gasteiger partial charge in [0.15, 0.2) is 5.60 Å². The van der Waals surface area contributed by atoms with Crippen LogP contribution >= 0.6 is 0 Å². The lowest BCUT2D eigenvalue weighted by molar-refractivity contribution is -0.166. The maximum atomic E-state index is 13.3. The summed E-state index contributed by atoms with van der Waals surface area (Å²) in [6.45, 7) is 9.74. The number of hydrogen-bond acceptors (Lipinski definition) is 5. The van der Waals surface area contributed by atoms with E-state index in [4.69, 9.17) is 4.74 Å². The third-order valence-corrected chi connectivity index (χ3v) is 6.15. The number of allylic oxidation sites excluding steroid dienone is 2. The average Bonchev–Trinajstić information content (AvgIpc) is 2.75. The minimum Gasteiger partial charge on any atom is -0.475 e. The number of nitrogens with zero attached hydrogens (tertiary/aromatic N) is 1. The van der Waals surface area contributed by atoms with Crippen LogP contribution in [-0.4, -0.2) is 60.4 Å². The molecule has 0 radical (unpaired) electrons. The van der Waals surface area contributed by atoms with E-state index in [9.17, 15) is 14.4 Å². The van der Waals surface area contributed by atoms with Gasteiger partial charge in [0.05, 0.1) is 5.70 Å². The highest BCUT2D eigenvalue weighted by atomic mass is 16.5. The van der Waals surface area contributed by atoms with Crippen LogP contribution in [0.1, 0.15) is 52.4 Å². The molecule has 1 saturated heterocycles. The van der Waals surface area contributed by atoms with Crippen molar-refractivity contribution in [1.82, 2.24) is 20.9 Å². The van der Waals surface area contributed by atoms with E-state index >= 15 is 0 Å². The molecule has 3 rings (SSSR count). The summed E-state index contributed by atoms with van der Waals surface area (Å²) in [7, 11) is 0. The van der Waals surface area contributed by atoms with Crippen molar-refractivity contribution in [3.63, 3.8) is 0 Å². The third-order valence-electron chi connectivity index (χ3n) is 6.15. The van der Waals surface area contributed by atoms with Crippen LogP contribution in [0.15, 0.2) is 35.8 Å². The molecular weight excluding hydrogens is 396 g/mol. The molecule has 3 amide bonds. The van der Waals surface area contributed by atoms with Crippen molar-refractivity contribution in [2.45, 2.75) is 64.0 Å². The van der Waals surface area contributed by atoms with Crippen LogP contribution in [0.4, 0.5) is 0 Å². The molecule has 2 fully saturated rings. The SMILES string of the molecule is C=CC1=C(/C=C(\C)C(=O)NC2CCCNC2)N(CCNC(=O)CC)C(=O)C2(CCC2)O1. The molecule has 2 aliphatic heterocycles. The number of hydrogen-bond donors (Lipinski definition) is 3. The third kappa shape index (κ3) is 5.18. The quantitative estimate of drug-likeness (QED) is 0.507. The Kier molecular flexibility index (Phi) is 7.54. The van der Waals surface area contributed by atoms with Crippen molar-refractivity contribution in [2.24, 2.45) is 0 Å². The summed E-state index contributed by atoms with van der Waals surface area (Å²) >= 11 is 0. The number of ether oxygens (including phenoxy) is 1. The topological polar surface area (TPSA) is 99.8 Å². The van der Waals surface area contributed by atoms with E-state index in [0.29, 0.717) is 49.4 Å². The lowest BCUT2D eigenvalue weighted by Crippen LogP contribution is -2.58. The van der Waals surface area contributed by atoms with Crippen LogP contribution < -0.4 is 16.0 Å². The van der Waals surface area contributed by atoms with Crippen LogP contribution in [-0.2, 0) is 19.1 Å². The molecule has 0 aromatic carbocycles. The molecule has 1 saturated carbocycles. The largest absolute Gasteiger partial charge is 0.475 e. The first kappa shape index (κ1) is 23.1. The van der Waals surface area contributed by atoms with Gasteiger partial charge in [0.2, 0.25) is 11.8 Å². The predicted molar refractivity (Wildman–Crippen MR) is 118 cm³/mol. The van der Waals surface area contributed by atoms with Gasteiger partial charge in [-0.15, -0.1) is 0 Å². The predicted octanol–water partition coefficient (Wildman–Crippen LogP) is 1.51. The fourth-order valence-corrected chi connectivity index (χ4v) is 4.10. The average molecular weight is 431 g/mol. The molecule has 0 bridgehead atoms. The van der Waals surface area contributed by atoms with Gasteiger partial charge in [-0.05, 0) is 57.7 Å². The summed E-state index contributed by atoms with van der Waals surface area (Å²) in [4.78, 5) is 39.3. The van der Waals surface area contributed by atoms with Crippen LogP contribution in [0.2, 0.25) is 0 Å². The summed E-state index contributed by atoms with van der Waals surface area (Å²) in [5.41, 5.74) is 0.153. The van der Waals surface area contributed by atoms with Gasteiger partial charge >= 0.3 is 0 Å². The maximum Gasteiger partial charge on any atom is 0.271 e. The summed E-state index contributed by atoms with van der Waals surface area (Å²) in [6, 6.07) is 0.0975. The van der Waals surface area contributed by atoms with Crippen molar-refractivity contribution in [1.29, 1.82) is 0 Å². The van der Waals surface area contributed by atoms with Crippen molar-refractivity contribution in [3.8, 4) is 0 Å². The van der Waals surface area contributed by atoms with Crippen LogP contribution in [0.3, 0.4) is 0 Å². The van der Waals surface area contributed by atoms with Crippen molar-refractivity contribution in [3.05, 3.63) is 35.8 Å². The van der Waals surface area contributed by atoms with E-state index in [0.717, 1.165) is 32.4 Å². The van der Waals surface area contributed by atoms with Gasteiger partial charge < -0.3 is 25.6 Å². The molecule has 0 aromatic heterocycles. The highest BCUT2D eigenvalue weighted by Gasteiger charge is 2.52. The second kappa shape index (κ2) is 10.1. The fraction of sp³-hybridized carbons (Fsp3) is 0.609. The minimum absolute atomic E-state index is 0.0688. The standard InChI is InChI=1S/C23H34N4O4/c1-4-19-18(14-16(3)21(29)26-17-8-6-11-24-15-17)27(13-12-25-20(28)5-2)22(30)23(31-19)9-7-10-23/h4,14,17,24H,1,5-13,15H2,2-3H3,(H,25,28)(H,26,29)/b16-14+. The first-order chi connectivity index (χ1) is 14.9. The molecule has 0 aromatic rings. The second-order valence-corrected chi connectivity index (χ2v) is 8.41. The Morgan fingerprint density at radius 2 is 2.13 bits per heavy atom. The molecule has 3 aliphatic rings. The monoisotopic (exact) mass is 430 g/mol. The molecule has 8 nitrogen and oxygen atoms in total. The minimum atomic E-state index is -0.848. The zero-order valence-corrected chi connectivity index (χ0v) is 18.6. The van der Waals surface area contributed by atoms with Gasteiger partial charge in [-0.25, -0.2) is 0 Å². The number of carbonyl (C=O) groups is 3. The first-order valence-electron chi connectivity index (χ1n) is 11.2. The Hall–Kier alpha value is -2.61. The van der Waals surface area contributed by atoms with Gasteiger partial charge in [-0.1, -0.05) is 13.5 Å². The van der Waals surface area contributed by atoms with Crippen LogP contribution in [0.5, 0.6) is 0 Å². The zero-order valence-electron chi connectivity index (χ0n) is 18.6. The van der Waals surface area contributed by atoms with Crippen LogP contribution in [0.25, 0.3) is 0 Å². The fourth-order valence-electron chi connectivity index (χ4n) is 4.10. The number of rotatable bonds is 8. The molecule has 31 heavy (non-hydrogen) atoms. The van der Waals surface area contributed by atoms with E-state index in [1.165, 1.54) is 0 Å². The summed E-state index contributed by atoms with van der Waals surface area (Å²) in [6.07, 6.45) is 7.88. The molecule has 1 spiro atoms. The van der Waals surface area contributed by atoms with E-state index in [2.05, 4.69) is 22.5 Å². The van der Waals surface area contributed by atoms with Crippen molar-refractivity contribution in [2.75, 3.05) is 26.2 Å². The maximum absolute atomic E-state index is 13.3. The van der Waals surface area contributed by atoms with Crippen LogP contribution in [0, 0.1) is 0 Å². The molecule has 170 valence electrons. The van der Waals surface area contributed by atoms with Crippen molar-refractivity contribution < 1.29 is 19.1 Å². The molecule has 1 aliphatic carbocycles. The molecule has 3 N–H and O–H groups in total. The highest BCUT2D eigenvalue weighted by molar-refractivity contribution is 5.94. The van der Waals surface area contributed by atoms with E-state index in [1.54, 1.807) is 30.9 Å². The van der Waals surface area contributed by atoms with Gasteiger partial charge in [0.1, 0.15) is 5.76 Å². The smallest absolute Gasteiger partial charge is 0.271 e. The molecular formula is C23H34N4O4. The lowest BCUT2D eigenvalue weighted by atomic mass is 9.77. The number of amides is 3. The summed E-state index contributed by atoms with van der Waals surface area (Å²) in [5, 5.41) is 9.15. The number of carbonyl (C=O) groups excluding carboxylic acids is 3. The Labute approximate surface area is 184 Å². The molecule has 8 heteroatoms. The van der Waals surface area contributed by atoms with E-state index in [1.807, 2.05) is 0 Å². The molecule has 1 atom stereocenters. The Bertz CT molecular complexity index is 791. The van der Waals surface area contributed by atoms with Gasteiger partial charge in [-0.3, -0.25) is 14.4 Å². The second-order valence-electron chi connectivity index (χ2n) is 8.41. The Morgan fingerprint density at radius 3 is 2.71 bits per heavy atom. The number of piperidine rings is 1. The van der Waals surface area contributed by atoms with E-state index < -0.39 is 5.60 Å². The van der Waals surface area contributed by atoms with Gasteiger partial charge in [-0.2, -0.15) is 0 Å². The van der Waals surface area contributed by atoms with E-state index in [-0.39, 0.29) is 23.8 Å². The van der Waals surface area contributed by atoms with Crippen molar-refractivity contribution >= 4 is 17.7 Å². The normalized spacial score (nSPS) is 23.2. The van der Waals surface area contributed by atoms with Gasteiger partial charge in [0, 0.05) is 37.7 Å². The summed E-state index contributed by atoms with van der Waals surface area (Å²) in [5.74, 6) is 0.139. The highest BCUT2D eigenvalue weighted by Crippen LogP contribution is 2.43. The van der Waals surface area contributed by atoms with Gasteiger partial charge in [0.25, 0.3) is 5.91 Å². The molecule has 2 heterocycles. The number of nitrogens with one attached hydrogen (secondary N) is 3. The summed E-state index contributed by atoms with van der Waals surface area (Å²) < 4.78 is 6.09. The Balaban J connectivity index is 1.81. The molecule has 1 unspecified atom stereocenters. The zero-order chi connectivity index (χ0) is 22.4. The first-order valence-corrected chi connectivity index (χ1v) is 11.2. The lowest BCUT2D eigenvalue weighted by Gasteiger charge is -2.47.